The Balaban J connectivity index is 1.36. The highest BCUT2D eigenvalue weighted by Gasteiger charge is 2.28. The number of nitrogen functional groups attached to an aromatic ring is 1. The van der Waals surface area contributed by atoms with Crippen LogP contribution in [0.15, 0.2) is 72.9 Å². The lowest BCUT2D eigenvalue weighted by molar-refractivity contribution is -0.126. The second-order valence-electron chi connectivity index (χ2n) is 11.4. The van der Waals surface area contributed by atoms with Crippen molar-refractivity contribution in [1.29, 1.82) is 0 Å². The summed E-state index contributed by atoms with van der Waals surface area (Å²) < 4.78 is 5.33. The Morgan fingerprint density at radius 3 is 2.31 bits per heavy atom. The number of nitrogens with two attached hydrogens (primary N) is 1. The van der Waals surface area contributed by atoms with Crippen molar-refractivity contribution >= 4 is 17.8 Å². The van der Waals surface area contributed by atoms with E-state index in [0.717, 1.165) is 47.9 Å². The molecule has 0 spiro atoms. The number of hydrogen-bond donors (Lipinski definition) is 3. The number of nitrogens with one attached hydrogen (secondary N) is 2. The third kappa shape index (κ3) is 8.31. The second-order valence-corrected chi connectivity index (χ2v) is 11.4. The third-order valence-electron chi connectivity index (χ3n) is 7.24. The van der Waals surface area contributed by atoms with E-state index in [0.29, 0.717) is 24.8 Å². The van der Waals surface area contributed by atoms with Crippen molar-refractivity contribution in [3.8, 4) is 11.1 Å². The molecule has 1 atom stereocenters. The average molecular weight is 529 g/mol. The summed E-state index contributed by atoms with van der Waals surface area (Å²) in [5.41, 5.74) is 9.61. The Kier molecular flexibility index (Phi) is 9.23. The van der Waals surface area contributed by atoms with Gasteiger partial charge in [-0.15, -0.1) is 0 Å². The van der Waals surface area contributed by atoms with Gasteiger partial charge >= 0.3 is 6.09 Å². The molecule has 0 saturated heterocycles. The molecule has 0 bridgehead atoms. The Morgan fingerprint density at radius 2 is 1.64 bits per heavy atom. The van der Waals surface area contributed by atoms with E-state index in [1.165, 1.54) is 0 Å². The molecular weight excluding hydrogens is 488 g/mol. The number of anilines is 1. The van der Waals surface area contributed by atoms with Gasteiger partial charge in [0.25, 0.3) is 0 Å². The van der Waals surface area contributed by atoms with Crippen molar-refractivity contribution < 1.29 is 14.3 Å². The van der Waals surface area contributed by atoms with Crippen LogP contribution in [0.25, 0.3) is 11.1 Å². The smallest absolute Gasteiger partial charge is 0.407 e. The van der Waals surface area contributed by atoms with Gasteiger partial charge in [0, 0.05) is 36.7 Å². The van der Waals surface area contributed by atoms with Gasteiger partial charge in [-0.25, -0.2) is 9.78 Å². The summed E-state index contributed by atoms with van der Waals surface area (Å²) in [7, 11) is 0. The van der Waals surface area contributed by atoms with Crippen LogP contribution in [-0.2, 0) is 9.53 Å². The zero-order valence-electron chi connectivity index (χ0n) is 23.2. The summed E-state index contributed by atoms with van der Waals surface area (Å²) in [6.45, 7) is 6.66. The van der Waals surface area contributed by atoms with E-state index < -0.39 is 5.60 Å². The zero-order chi connectivity index (χ0) is 27.8. The molecule has 0 aliphatic heterocycles. The van der Waals surface area contributed by atoms with Crippen LogP contribution in [0.3, 0.4) is 0 Å². The molecule has 2 aromatic carbocycles. The molecule has 4 rings (SSSR count). The van der Waals surface area contributed by atoms with Gasteiger partial charge in [-0.05, 0) is 81.2 Å². The van der Waals surface area contributed by atoms with Gasteiger partial charge in [-0.3, -0.25) is 4.79 Å². The van der Waals surface area contributed by atoms with E-state index in [1.54, 1.807) is 12.3 Å². The normalized spacial score (nSPS) is 18.1. The van der Waals surface area contributed by atoms with E-state index in [2.05, 4.69) is 45.9 Å². The number of hydrogen-bond acceptors (Lipinski definition) is 5. The first-order valence-corrected chi connectivity index (χ1v) is 13.8. The standard InChI is InChI=1S/C32H40N4O3/c1-32(2,3)39-31(38)36-19-22-12-14-24(15-13-22)30(37)35-21-28(23-8-5-4-6-9-23)26-11-7-10-25(18-26)27-16-17-29(33)34-20-27/h4-11,16-18,20,22,24,28H,12-15,19,21H2,1-3H3,(H2,33,34)(H,35,37)(H,36,38). The summed E-state index contributed by atoms with van der Waals surface area (Å²) in [5, 5.41) is 6.13. The molecule has 1 unspecified atom stereocenters. The Labute approximate surface area is 231 Å². The maximum absolute atomic E-state index is 13.2. The maximum Gasteiger partial charge on any atom is 0.407 e. The minimum Gasteiger partial charge on any atom is -0.444 e. The molecule has 7 nitrogen and oxygen atoms in total. The molecule has 1 aliphatic rings. The zero-order valence-corrected chi connectivity index (χ0v) is 23.2. The van der Waals surface area contributed by atoms with Gasteiger partial charge in [0.05, 0.1) is 0 Å². The quantitative estimate of drug-likeness (QED) is 0.337. The van der Waals surface area contributed by atoms with Crippen LogP contribution in [0.4, 0.5) is 10.6 Å². The predicted molar refractivity (Wildman–Crippen MR) is 155 cm³/mol. The first-order valence-electron chi connectivity index (χ1n) is 13.8. The van der Waals surface area contributed by atoms with E-state index in [1.807, 2.05) is 51.1 Å². The van der Waals surface area contributed by atoms with E-state index >= 15 is 0 Å². The highest BCUT2D eigenvalue weighted by Crippen LogP contribution is 2.31. The number of nitrogens with zero attached hydrogens (tertiary/aromatic N) is 1. The molecule has 1 aromatic heterocycles. The van der Waals surface area contributed by atoms with Crippen LogP contribution in [-0.4, -0.2) is 35.7 Å². The Morgan fingerprint density at radius 1 is 0.923 bits per heavy atom. The fourth-order valence-corrected chi connectivity index (χ4v) is 5.14. The molecule has 1 heterocycles. The molecule has 1 aliphatic carbocycles. The molecular formula is C32H40N4O3. The van der Waals surface area contributed by atoms with Crippen LogP contribution in [0.5, 0.6) is 0 Å². The number of ether oxygens (including phenoxy) is 1. The number of pyridine rings is 1. The van der Waals surface area contributed by atoms with Gasteiger partial charge in [0.15, 0.2) is 0 Å². The van der Waals surface area contributed by atoms with Gasteiger partial charge in [0.1, 0.15) is 11.4 Å². The molecule has 3 aromatic rings. The SMILES string of the molecule is CC(C)(C)OC(=O)NCC1CCC(C(=O)NCC(c2ccccc2)c2cccc(-c3ccc(N)nc3)c2)CC1. The molecule has 2 amide bonds. The van der Waals surface area contributed by atoms with Crippen LogP contribution in [0, 0.1) is 11.8 Å². The number of amides is 2. The Hall–Kier alpha value is -3.87. The largest absolute Gasteiger partial charge is 0.444 e. The average Bonchev–Trinajstić information content (AvgIpc) is 2.92. The molecule has 39 heavy (non-hydrogen) atoms. The van der Waals surface area contributed by atoms with Crippen molar-refractivity contribution in [2.75, 3.05) is 18.8 Å². The van der Waals surface area contributed by atoms with Crippen molar-refractivity contribution in [2.45, 2.75) is 58.0 Å². The number of carbonyl (C=O) groups excluding carboxylic acids is 2. The molecule has 206 valence electrons. The number of benzene rings is 2. The third-order valence-corrected chi connectivity index (χ3v) is 7.24. The lowest BCUT2D eigenvalue weighted by Gasteiger charge is -2.29. The summed E-state index contributed by atoms with van der Waals surface area (Å²) in [6.07, 6.45) is 4.87. The van der Waals surface area contributed by atoms with Gasteiger partial charge in [0.2, 0.25) is 5.91 Å². The predicted octanol–water partition coefficient (Wildman–Crippen LogP) is 5.91. The Bertz CT molecular complexity index is 1230. The van der Waals surface area contributed by atoms with Crippen LogP contribution in [0.1, 0.15) is 63.5 Å². The highest BCUT2D eigenvalue weighted by molar-refractivity contribution is 5.79. The van der Waals surface area contributed by atoms with Gasteiger partial charge in [-0.1, -0.05) is 54.6 Å². The molecule has 4 N–H and O–H groups in total. The number of rotatable bonds is 8. The highest BCUT2D eigenvalue weighted by atomic mass is 16.6. The van der Waals surface area contributed by atoms with Crippen LogP contribution in [0.2, 0.25) is 0 Å². The van der Waals surface area contributed by atoms with Crippen molar-refractivity contribution in [3.05, 3.63) is 84.1 Å². The minimum atomic E-state index is -0.508. The van der Waals surface area contributed by atoms with Crippen LogP contribution < -0.4 is 16.4 Å². The van der Waals surface area contributed by atoms with Gasteiger partial charge < -0.3 is 21.1 Å². The van der Waals surface area contributed by atoms with Gasteiger partial charge in [-0.2, -0.15) is 0 Å². The summed E-state index contributed by atoms with van der Waals surface area (Å²) in [5.74, 6) is 0.975. The lowest BCUT2D eigenvalue weighted by atomic mass is 9.81. The summed E-state index contributed by atoms with van der Waals surface area (Å²) >= 11 is 0. The first kappa shape index (κ1) is 28.1. The number of aromatic nitrogens is 1. The minimum absolute atomic E-state index is 0.00798. The monoisotopic (exact) mass is 528 g/mol. The van der Waals surface area contributed by atoms with E-state index in [4.69, 9.17) is 10.5 Å². The lowest BCUT2D eigenvalue weighted by Crippen LogP contribution is -2.38. The topological polar surface area (TPSA) is 106 Å². The van der Waals surface area contributed by atoms with E-state index in [9.17, 15) is 9.59 Å². The summed E-state index contributed by atoms with van der Waals surface area (Å²) in [6, 6.07) is 22.5. The molecule has 1 fully saturated rings. The molecule has 7 heteroatoms. The van der Waals surface area contributed by atoms with Crippen molar-refractivity contribution in [1.82, 2.24) is 15.6 Å². The first-order chi connectivity index (χ1) is 18.7. The fraction of sp³-hybridized carbons (Fsp3) is 0.406. The number of carbonyl (C=O) groups is 2. The fourth-order valence-electron chi connectivity index (χ4n) is 5.14. The summed E-state index contributed by atoms with van der Waals surface area (Å²) in [4.78, 5) is 29.4. The molecule has 0 radical (unpaired) electrons. The number of alkyl carbamates (subject to hydrolysis) is 1. The van der Waals surface area contributed by atoms with Crippen molar-refractivity contribution in [2.24, 2.45) is 11.8 Å². The van der Waals surface area contributed by atoms with Crippen LogP contribution >= 0.6 is 0 Å². The van der Waals surface area contributed by atoms with Crippen molar-refractivity contribution in [3.63, 3.8) is 0 Å². The maximum atomic E-state index is 13.2. The second kappa shape index (κ2) is 12.8. The molecule has 1 saturated carbocycles. The van der Waals surface area contributed by atoms with E-state index in [-0.39, 0.29) is 23.8 Å².